The fourth-order valence-corrected chi connectivity index (χ4v) is 3.57. The highest BCUT2D eigenvalue weighted by atomic mass is 16.5. The molecule has 166 valence electrons. The SMILES string of the molecule is CCOCCCn1c(=N)c(C(=O)Nc2cc(C)on2)cc2c(=O)n3cccc(C)c3nc21. The van der Waals surface area contributed by atoms with E-state index in [1.807, 2.05) is 19.9 Å². The first-order valence-electron chi connectivity index (χ1n) is 10.3. The van der Waals surface area contributed by atoms with Crippen molar-refractivity contribution < 1.29 is 14.1 Å². The first-order valence-corrected chi connectivity index (χ1v) is 10.3. The fourth-order valence-electron chi connectivity index (χ4n) is 3.57. The van der Waals surface area contributed by atoms with Gasteiger partial charge in [0, 0.05) is 32.0 Å². The average Bonchev–Trinajstić information content (AvgIpc) is 3.17. The number of anilines is 1. The predicted octanol–water partition coefficient (Wildman–Crippen LogP) is 2.41. The molecule has 0 unspecified atom stereocenters. The number of aryl methyl sites for hydroxylation is 3. The Labute approximate surface area is 183 Å². The zero-order chi connectivity index (χ0) is 22.8. The minimum absolute atomic E-state index is 0.0427. The smallest absolute Gasteiger partial charge is 0.267 e. The number of ether oxygens (including phenoxy) is 1. The number of amides is 1. The molecule has 0 aliphatic carbocycles. The number of hydrogen-bond acceptors (Lipinski definition) is 7. The van der Waals surface area contributed by atoms with Crippen LogP contribution in [0.3, 0.4) is 0 Å². The van der Waals surface area contributed by atoms with Gasteiger partial charge >= 0.3 is 0 Å². The second kappa shape index (κ2) is 8.75. The molecular weight excluding hydrogens is 412 g/mol. The molecule has 0 aliphatic rings. The molecule has 32 heavy (non-hydrogen) atoms. The molecule has 0 spiro atoms. The highest BCUT2D eigenvalue weighted by molar-refractivity contribution is 6.05. The molecule has 0 radical (unpaired) electrons. The second-order valence-electron chi connectivity index (χ2n) is 7.42. The summed E-state index contributed by atoms with van der Waals surface area (Å²) in [7, 11) is 0. The van der Waals surface area contributed by atoms with E-state index in [0.29, 0.717) is 43.2 Å². The molecule has 0 saturated carbocycles. The summed E-state index contributed by atoms with van der Waals surface area (Å²) >= 11 is 0. The number of nitrogens with zero attached hydrogens (tertiary/aromatic N) is 4. The van der Waals surface area contributed by atoms with E-state index in [9.17, 15) is 9.59 Å². The van der Waals surface area contributed by atoms with Crippen molar-refractivity contribution in [2.24, 2.45) is 0 Å². The van der Waals surface area contributed by atoms with Gasteiger partial charge in [-0.2, -0.15) is 0 Å². The van der Waals surface area contributed by atoms with Crippen LogP contribution < -0.4 is 16.4 Å². The molecule has 4 rings (SSSR count). The molecule has 4 heterocycles. The molecule has 10 nitrogen and oxygen atoms in total. The van der Waals surface area contributed by atoms with Crippen LogP contribution in [0.25, 0.3) is 16.7 Å². The first-order chi connectivity index (χ1) is 15.4. The summed E-state index contributed by atoms with van der Waals surface area (Å²) in [5.74, 6) is 0.219. The fraction of sp³-hybridized carbons (Fsp3) is 0.318. The highest BCUT2D eigenvalue weighted by Crippen LogP contribution is 2.14. The molecule has 0 aromatic carbocycles. The van der Waals surface area contributed by atoms with Crippen LogP contribution in [0.5, 0.6) is 0 Å². The Morgan fingerprint density at radius 2 is 2.09 bits per heavy atom. The Balaban J connectivity index is 1.90. The van der Waals surface area contributed by atoms with Crippen LogP contribution in [0.15, 0.2) is 39.8 Å². The van der Waals surface area contributed by atoms with Crippen molar-refractivity contribution in [3.63, 3.8) is 0 Å². The van der Waals surface area contributed by atoms with E-state index in [-0.39, 0.29) is 27.8 Å². The number of nitrogens with one attached hydrogen (secondary N) is 2. The molecule has 10 heteroatoms. The molecule has 4 aromatic rings. The van der Waals surface area contributed by atoms with E-state index >= 15 is 0 Å². The van der Waals surface area contributed by atoms with Gasteiger partial charge in [0.2, 0.25) is 0 Å². The minimum Gasteiger partial charge on any atom is -0.382 e. The van der Waals surface area contributed by atoms with Gasteiger partial charge in [-0.25, -0.2) is 4.98 Å². The Morgan fingerprint density at radius 3 is 2.81 bits per heavy atom. The number of aromatic nitrogens is 4. The summed E-state index contributed by atoms with van der Waals surface area (Å²) in [6.45, 7) is 6.93. The highest BCUT2D eigenvalue weighted by Gasteiger charge is 2.19. The van der Waals surface area contributed by atoms with Crippen LogP contribution in [0.1, 0.15) is 35.0 Å². The Hall–Kier alpha value is -3.79. The lowest BCUT2D eigenvalue weighted by atomic mass is 10.2. The molecule has 1 amide bonds. The monoisotopic (exact) mass is 436 g/mol. The van der Waals surface area contributed by atoms with Gasteiger partial charge < -0.3 is 19.1 Å². The van der Waals surface area contributed by atoms with Gasteiger partial charge in [-0.15, -0.1) is 0 Å². The number of rotatable bonds is 7. The third-order valence-electron chi connectivity index (χ3n) is 5.12. The number of carbonyl (C=O) groups excluding carboxylic acids is 1. The van der Waals surface area contributed by atoms with Crippen LogP contribution in [-0.4, -0.2) is 38.2 Å². The maximum atomic E-state index is 13.3. The Morgan fingerprint density at radius 1 is 1.28 bits per heavy atom. The Bertz CT molecular complexity index is 1430. The van der Waals surface area contributed by atoms with Gasteiger partial charge in [0.05, 0.1) is 10.9 Å². The summed E-state index contributed by atoms with van der Waals surface area (Å²) in [5.41, 5.74) is 1.40. The summed E-state index contributed by atoms with van der Waals surface area (Å²) < 4.78 is 13.4. The van der Waals surface area contributed by atoms with E-state index in [1.54, 1.807) is 29.8 Å². The summed E-state index contributed by atoms with van der Waals surface area (Å²) in [6.07, 6.45) is 2.24. The van der Waals surface area contributed by atoms with E-state index in [2.05, 4.69) is 10.5 Å². The van der Waals surface area contributed by atoms with E-state index < -0.39 is 5.91 Å². The van der Waals surface area contributed by atoms with Gasteiger partial charge in [0.15, 0.2) is 5.82 Å². The molecule has 0 aliphatic heterocycles. The van der Waals surface area contributed by atoms with Crippen LogP contribution in [0, 0.1) is 19.3 Å². The van der Waals surface area contributed by atoms with Crippen molar-refractivity contribution in [3.05, 3.63) is 63.2 Å². The number of carbonyl (C=O) groups is 1. The minimum atomic E-state index is -0.558. The van der Waals surface area contributed by atoms with Crippen molar-refractivity contribution in [3.8, 4) is 0 Å². The van der Waals surface area contributed by atoms with Gasteiger partial charge in [-0.05, 0) is 44.9 Å². The maximum Gasteiger partial charge on any atom is 0.267 e. The number of hydrogen-bond donors (Lipinski definition) is 2. The van der Waals surface area contributed by atoms with Gasteiger partial charge in [-0.1, -0.05) is 11.2 Å². The van der Waals surface area contributed by atoms with Crippen molar-refractivity contribution in [2.75, 3.05) is 18.5 Å². The average molecular weight is 436 g/mol. The Kier molecular flexibility index (Phi) is 5.87. The second-order valence-corrected chi connectivity index (χ2v) is 7.42. The lowest BCUT2D eigenvalue weighted by molar-refractivity contribution is 0.102. The molecule has 0 fully saturated rings. The van der Waals surface area contributed by atoms with Gasteiger partial charge in [0.25, 0.3) is 11.5 Å². The van der Waals surface area contributed by atoms with Crippen LogP contribution in [-0.2, 0) is 11.3 Å². The van der Waals surface area contributed by atoms with Gasteiger partial charge in [0.1, 0.15) is 22.5 Å². The van der Waals surface area contributed by atoms with Crippen molar-refractivity contribution in [2.45, 2.75) is 33.7 Å². The zero-order valence-corrected chi connectivity index (χ0v) is 18.1. The molecule has 0 bridgehead atoms. The summed E-state index contributed by atoms with van der Waals surface area (Å²) in [6, 6.07) is 6.64. The maximum absolute atomic E-state index is 13.3. The molecule has 4 aromatic heterocycles. The van der Waals surface area contributed by atoms with Crippen LogP contribution in [0.4, 0.5) is 5.82 Å². The molecular formula is C22H24N6O4. The van der Waals surface area contributed by atoms with E-state index in [1.165, 1.54) is 10.5 Å². The van der Waals surface area contributed by atoms with E-state index in [4.69, 9.17) is 19.7 Å². The van der Waals surface area contributed by atoms with Crippen LogP contribution in [0.2, 0.25) is 0 Å². The third-order valence-corrected chi connectivity index (χ3v) is 5.12. The van der Waals surface area contributed by atoms with Crippen molar-refractivity contribution in [1.29, 1.82) is 5.41 Å². The largest absolute Gasteiger partial charge is 0.382 e. The quantitative estimate of drug-likeness (QED) is 0.338. The standard InChI is InChI=1S/C22H24N6O4/c1-4-31-10-6-9-27-18(23)15(21(29)24-17-11-14(3)32-26-17)12-16-20(27)25-19-13(2)7-5-8-28(19)22(16)30/h5,7-8,11-12,23H,4,6,9-10H2,1-3H3,(H,24,26,29). The van der Waals surface area contributed by atoms with Crippen molar-refractivity contribution >= 4 is 28.4 Å². The van der Waals surface area contributed by atoms with Gasteiger partial charge in [-0.3, -0.25) is 19.4 Å². The predicted molar refractivity (Wildman–Crippen MR) is 118 cm³/mol. The molecule has 0 atom stereocenters. The zero-order valence-electron chi connectivity index (χ0n) is 18.1. The summed E-state index contributed by atoms with van der Waals surface area (Å²) in [5, 5.41) is 15.4. The third kappa shape index (κ3) is 3.92. The lowest BCUT2D eigenvalue weighted by Crippen LogP contribution is -2.32. The van der Waals surface area contributed by atoms with E-state index in [0.717, 1.165) is 5.56 Å². The molecule has 0 saturated heterocycles. The normalized spacial score (nSPS) is 11.3. The van der Waals surface area contributed by atoms with Crippen LogP contribution >= 0.6 is 0 Å². The number of fused-ring (bicyclic) bond motifs is 2. The lowest BCUT2D eigenvalue weighted by Gasteiger charge is -2.15. The topological polar surface area (TPSA) is 128 Å². The number of pyridine rings is 2. The molecule has 2 N–H and O–H groups in total. The summed E-state index contributed by atoms with van der Waals surface area (Å²) in [4.78, 5) is 30.9. The first kappa shape index (κ1) is 21.4. The van der Waals surface area contributed by atoms with Crippen molar-refractivity contribution in [1.82, 2.24) is 19.1 Å².